The van der Waals surface area contributed by atoms with Crippen LogP contribution in [0.3, 0.4) is 0 Å². The topological polar surface area (TPSA) is 102 Å². The molecule has 2 N–H and O–H groups in total. The largest absolute Gasteiger partial charge is 0.444 e. The minimum atomic E-state index is -0.523. The van der Waals surface area contributed by atoms with E-state index in [4.69, 9.17) is 27.1 Å². The molecule has 0 bridgehead atoms. The van der Waals surface area contributed by atoms with Crippen molar-refractivity contribution in [2.75, 3.05) is 30.9 Å². The first-order chi connectivity index (χ1) is 15.1. The van der Waals surface area contributed by atoms with E-state index >= 15 is 0 Å². The van der Waals surface area contributed by atoms with Gasteiger partial charge in [0.2, 0.25) is 0 Å². The third kappa shape index (κ3) is 4.43. The van der Waals surface area contributed by atoms with Gasteiger partial charge in [-0.25, -0.2) is 24.4 Å². The Bertz CT molecular complexity index is 1130. The minimum absolute atomic E-state index is 0.0827. The number of piperidine rings is 1. The Morgan fingerprint density at radius 1 is 1.22 bits per heavy atom. The highest BCUT2D eigenvalue weighted by Crippen LogP contribution is 2.29. The van der Waals surface area contributed by atoms with Crippen LogP contribution in [-0.4, -0.2) is 62.4 Å². The van der Waals surface area contributed by atoms with Crippen LogP contribution in [0.4, 0.5) is 10.6 Å². The number of ether oxygens (including phenoxy) is 1. The lowest BCUT2D eigenvalue weighted by Gasteiger charge is -2.38. The standard InChI is InChI=1S/C22H28ClN7O2/c1-22(2,3)32-21(31)28(4)14-9-12-29(13-10-14)30-19(15-6-5-11-25-18(15)24)26-16-7-8-17(23)27-20(16)30/h5-8,11,14H,9-10,12-13H2,1-4H3,(H2,24,25). The van der Waals surface area contributed by atoms with Gasteiger partial charge in [0.15, 0.2) is 11.5 Å². The lowest BCUT2D eigenvalue weighted by Crippen LogP contribution is -2.50. The summed E-state index contributed by atoms with van der Waals surface area (Å²) in [6, 6.07) is 7.38. The normalized spacial score (nSPS) is 15.2. The molecule has 4 heterocycles. The summed E-state index contributed by atoms with van der Waals surface area (Å²) in [5.74, 6) is 1.06. The van der Waals surface area contributed by atoms with E-state index in [0.29, 0.717) is 35.5 Å². The van der Waals surface area contributed by atoms with Crippen molar-refractivity contribution in [3.63, 3.8) is 0 Å². The van der Waals surface area contributed by atoms with Crippen LogP contribution in [0.2, 0.25) is 5.15 Å². The van der Waals surface area contributed by atoms with Gasteiger partial charge in [0.05, 0.1) is 5.56 Å². The number of amides is 1. The number of carbonyl (C=O) groups excluding carboxylic acids is 1. The number of nitrogen functional groups attached to an aromatic ring is 1. The fourth-order valence-corrected chi connectivity index (χ4v) is 4.04. The summed E-state index contributed by atoms with van der Waals surface area (Å²) >= 11 is 6.20. The zero-order valence-electron chi connectivity index (χ0n) is 18.7. The molecule has 1 fully saturated rings. The first-order valence-corrected chi connectivity index (χ1v) is 11.0. The highest BCUT2D eigenvalue weighted by Gasteiger charge is 2.30. The number of halogens is 1. The molecule has 1 aliphatic rings. The molecule has 9 nitrogen and oxygen atoms in total. The second-order valence-corrected chi connectivity index (χ2v) is 9.32. The minimum Gasteiger partial charge on any atom is -0.444 e. The van der Waals surface area contributed by atoms with Gasteiger partial charge < -0.3 is 20.4 Å². The van der Waals surface area contributed by atoms with E-state index in [0.717, 1.165) is 23.9 Å². The summed E-state index contributed by atoms with van der Waals surface area (Å²) < 4.78 is 7.50. The molecular formula is C22H28ClN7O2. The van der Waals surface area contributed by atoms with Crippen molar-refractivity contribution in [3.05, 3.63) is 35.6 Å². The zero-order valence-corrected chi connectivity index (χ0v) is 19.5. The molecule has 0 unspecified atom stereocenters. The van der Waals surface area contributed by atoms with Crippen LogP contribution >= 0.6 is 11.6 Å². The molecule has 10 heteroatoms. The van der Waals surface area contributed by atoms with Gasteiger partial charge in [-0.1, -0.05) is 11.6 Å². The number of aromatic nitrogens is 4. The van der Waals surface area contributed by atoms with E-state index in [1.54, 1.807) is 24.2 Å². The van der Waals surface area contributed by atoms with Crippen molar-refractivity contribution in [2.24, 2.45) is 0 Å². The average Bonchev–Trinajstić information content (AvgIpc) is 3.10. The molecule has 1 amide bonds. The predicted octanol–water partition coefficient (Wildman–Crippen LogP) is 3.70. The fourth-order valence-electron chi connectivity index (χ4n) is 3.89. The molecule has 170 valence electrons. The van der Waals surface area contributed by atoms with Gasteiger partial charge >= 0.3 is 6.09 Å². The number of hydrogen-bond donors (Lipinski definition) is 1. The lowest BCUT2D eigenvalue weighted by atomic mass is 10.1. The SMILES string of the molecule is CN(C(=O)OC(C)(C)C)C1CCN(n2c(-c3cccnc3N)nc3ccc(Cl)nc32)CC1. The second-order valence-electron chi connectivity index (χ2n) is 8.94. The van der Waals surface area contributed by atoms with Crippen LogP contribution in [0, 0.1) is 0 Å². The van der Waals surface area contributed by atoms with Gasteiger partial charge in [-0.05, 0) is 57.9 Å². The number of carbonyl (C=O) groups is 1. The Labute approximate surface area is 192 Å². The number of nitrogens with zero attached hydrogens (tertiary/aromatic N) is 6. The van der Waals surface area contributed by atoms with E-state index in [-0.39, 0.29) is 12.1 Å². The Morgan fingerprint density at radius 2 is 1.94 bits per heavy atom. The molecular weight excluding hydrogens is 430 g/mol. The van der Waals surface area contributed by atoms with E-state index in [1.165, 1.54) is 0 Å². The van der Waals surface area contributed by atoms with Crippen LogP contribution in [0.1, 0.15) is 33.6 Å². The van der Waals surface area contributed by atoms with Crippen molar-refractivity contribution in [1.82, 2.24) is 24.5 Å². The Kier molecular flexibility index (Phi) is 5.85. The smallest absolute Gasteiger partial charge is 0.410 e. The van der Waals surface area contributed by atoms with E-state index in [1.807, 2.05) is 43.6 Å². The Balaban J connectivity index is 1.62. The van der Waals surface area contributed by atoms with Gasteiger partial charge in [0.1, 0.15) is 22.1 Å². The molecule has 3 aromatic heterocycles. The molecule has 3 aromatic rings. The van der Waals surface area contributed by atoms with E-state index in [9.17, 15) is 4.79 Å². The quantitative estimate of drug-likeness (QED) is 0.598. The third-order valence-electron chi connectivity index (χ3n) is 5.48. The van der Waals surface area contributed by atoms with E-state index < -0.39 is 5.60 Å². The number of hydrogen-bond acceptors (Lipinski definition) is 7. The molecule has 0 spiro atoms. The highest BCUT2D eigenvalue weighted by molar-refractivity contribution is 6.29. The van der Waals surface area contributed by atoms with E-state index in [2.05, 4.69) is 15.0 Å². The molecule has 0 atom stereocenters. The van der Waals surface area contributed by atoms with Gasteiger partial charge in [0, 0.05) is 32.4 Å². The maximum atomic E-state index is 12.5. The number of nitrogens with two attached hydrogens (primary N) is 1. The van der Waals surface area contributed by atoms with Gasteiger partial charge in [-0.3, -0.25) is 0 Å². The van der Waals surface area contributed by atoms with Crippen molar-refractivity contribution < 1.29 is 9.53 Å². The summed E-state index contributed by atoms with van der Waals surface area (Å²) in [4.78, 5) is 27.7. The first-order valence-electron chi connectivity index (χ1n) is 10.6. The first kappa shape index (κ1) is 22.1. The molecule has 0 aliphatic carbocycles. The second kappa shape index (κ2) is 8.46. The van der Waals surface area contributed by atoms with Crippen LogP contribution in [0.5, 0.6) is 0 Å². The van der Waals surface area contributed by atoms with Crippen molar-refractivity contribution in [1.29, 1.82) is 0 Å². The number of anilines is 1. The summed E-state index contributed by atoms with van der Waals surface area (Å²) in [6.07, 6.45) is 2.90. The summed E-state index contributed by atoms with van der Waals surface area (Å²) in [5.41, 5.74) is 7.75. The van der Waals surface area contributed by atoms with Gasteiger partial charge in [-0.2, -0.15) is 0 Å². The van der Waals surface area contributed by atoms with Crippen LogP contribution in [0.15, 0.2) is 30.5 Å². The maximum absolute atomic E-state index is 12.5. The molecule has 4 rings (SSSR count). The van der Waals surface area contributed by atoms with Crippen LogP contribution < -0.4 is 10.7 Å². The summed E-state index contributed by atoms with van der Waals surface area (Å²) in [6.45, 7) is 7.01. The monoisotopic (exact) mass is 457 g/mol. The zero-order chi connectivity index (χ0) is 23.0. The van der Waals surface area contributed by atoms with Gasteiger partial charge in [0.25, 0.3) is 0 Å². The molecule has 1 aliphatic heterocycles. The number of pyridine rings is 2. The van der Waals surface area contributed by atoms with Crippen LogP contribution in [0.25, 0.3) is 22.6 Å². The third-order valence-corrected chi connectivity index (χ3v) is 5.69. The maximum Gasteiger partial charge on any atom is 0.410 e. The number of imidazole rings is 1. The van der Waals surface area contributed by atoms with Crippen molar-refractivity contribution in [3.8, 4) is 11.4 Å². The van der Waals surface area contributed by atoms with Crippen molar-refractivity contribution >= 4 is 34.7 Å². The molecule has 0 saturated carbocycles. The molecule has 32 heavy (non-hydrogen) atoms. The summed E-state index contributed by atoms with van der Waals surface area (Å²) in [7, 11) is 1.80. The average molecular weight is 458 g/mol. The summed E-state index contributed by atoms with van der Waals surface area (Å²) in [5, 5.41) is 2.56. The number of rotatable bonds is 3. The number of fused-ring (bicyclic) bond motifs is 1. The lowest BCUT2D eigenvalue weighted by molar-refractivity contribution is 0.0197. The molecule has 0 aromatic carbocycles. The molecule has 1 saturated heterocycles. The highest BCUT2D eigenvalue weighted by atomic mass is 35.5. The fraction of sp³-hybridized carbons (Fsp3) is 0.455. The van der Waals surface area contributed by atoms with Crippen molar-refractivity contribution in [2.45, 2.75) is 45.3 Å². The Morgan fingerprint density at radius 3 is 2.59 bits per heavy atom. The molecule has 0 radical (unpaired) electrons. The Hall–Kier alpha value is -3.07. The van der Waals surface area contributed by atoms with Crippen LogP contribution in [-0.2, 0) is 4.74 Å². The predicted molar refractivity (Wildman–Crippen MR) is 125 cm³/mol. The van der Waals surface area contributed by atoms with Gasteiger partial charge in [-0.15, -0.1) is 0 Å².